The van der Waals surface area contributed by atoms with E-state index < -0.39 is 24.9 Å². The molecule has 0 spiro atoms. The standard InChI is InChI=1S/C9H11N3S2.C8H7F6N3/c1-5-8(14-6(2)11-5)7-4-13-9(10-3)12-7;9-7(10,11)6(8(12,13)14)17-4-5-3-15-1-2-16-5/h4H,1-3H3,(H,10,12);1-3,6,17H,4H2. The maximum atomic E-state index is 12.1. The lowest BCUT2D eigenvalue weighted by Crippen LogP contribution is -2.52. The van der Waals surface area contributed by atoms with Crippen LogP contribution < -0.4 is 10.6 Å². The summed E-state index contributed by atoms with van der Waals surface area (Å²) in [6.07, 6.45) is -7.29. The third kappa shape index (κ3) is 7.40. The zero-order valence-electron chi connectivity index (χ0n) is 16.5. The molecule has 2 N–H and O–H groups in total. The normalized spacial score (nSPS) is 11.9. The van der Waals surface area contributed by atoms with E-state index in [4.69, 9.17) is 0 Å². The Kier molecular flexibility index (Phi) is 8.31. The second-order valence-corrected chi connectivity index (χ2v) is 8.09. The fraction of sp³-hybridized carbons (Fsp3) is 0.412. The highest BCUT2D eigenvalue weighted by atomic mass is 32.1. The number of halogens is 6. The number of nitrogens with zero attached hydrogens (tertiary/aromatic N) is 4. The van der Waals surface area contributed by atoms with E-state index in [2.05, 4.69) is 30.6 Å². The third-order valence-electron chi connectivity index (χ3n) is 3.61. The first kappa shape index (κ1) is 24.9. The molecule has 0 aliphatic carbocycles. The number of aryl methyl sites for hydroxylation is 2. The topological polar surface area (TPSA) is 75.6 Å². The highest BCUT2D eigenvalue weighted by molar-refractivity contribution is 7.16. The molecule has 6 nitrogen and oxygen atoms in total. The Morgan fingerprint density at radius 2 is 1.71 bits per heavy atom. The Balaban J connectivity index is 0.000000224. The van der Waals surface area contributed by atoms with E-state index in [0.717, 1.165) is 27.7 Å². The fourth-order valence-corrected chi connectivity index (χ4v) is 3.92. The van der Waals surface area contributed by atoms with Crippen molar-refractivity contribution < 1.29 is 26.3 Å². The second kappa shape index (κ2) is 10.3. The molecule has 0 atom stereocenters. The van der Waals surface area contributed by atoms with Crippen LogP contribution in [0.4, 0.5) is 31.5 Å². The van der Waals surface area contributed by atoms with Gasteiger partial charge in [0.2, 0.25) is 6.04 Å². The predicted octanol–water partition coefficient (Wildman–Crippen LogP) is 4.98. The molecule has 0 saturated carbocycles. The first-order chi connectivity index (χ1) is 14.4. The minimum Gasteiger partial charge on any atom is -0.365 e. The highest BCUT2D eigenvalue weighted by Crippen LogP contribution is 2.33. The van der Waals surface area contributed by atoms with E-state index in [1.807, 2.05) is 20.9 Å². The SMILES string of the molecule is CNc1nc(-c2sc(C)nc2C)cs1.FC(F)(F)C(NCc1cnccn1)C(F)(F)F. The Bertz CT molecular complexity index is 940. The maximum absolute atomic E-state index is 12.1. The summed E-state index contributed by atoms with van der Waals surface area (Å²) < 4.78 is 72.6. The van der Waals surface area contributed by atoms with Gasteiger partial charge in [-0.1, -0.05) is 0 Å². The summed E-state index contributed by atoms with van der Waals surface area (Å²) in [7, 11) is 1.88. The van der Waals surface area contributed by atoms with Crippen molar-refractivity contribution in [1.82, 2.24) is 25.3 Å². The van der Waals surface area contributed by atoms with Crippen LogP contribution in [0.15, 0.2) is 24.0 Å². The van der Waals surface area contributed by atoms with Crippen molar-refractivity contribution in [2.75, 3.05) is 12.4 Å². The molecule has 0 aromatic carbocycles. The largest absolute Gasteiger partial charge is 0.412 e. The Hall–Kier alpha value is -2.32. The van der Waals surface area contributed by atoms with E-state index in [-0.39, 0.29) is 5.69 Å². The summed E-state index contributed by atoms with van der Waals surface area (Å²) in [5.74, 6) is 0. The average molecular weight is 484 g/mol. The van der Waals surface area contributed by atoms with Gasteiger partial charge in [0.05, 0.1) is 27.0 Å². The van der Waals surface area contributed by atoms with Crippen LogP contribution in [0, 0.1) is 13.8 Å². The number of hydrogen-bond acceptors (Lipinski definition) is 8. The lowest BCUT2D eigenvalue weighted by molar-refractivity contribution is -0.258. The number of nitrogens with one attached hydrogen (secondary N) is 2. The summed E-state index contributed by atoms with van der Waals surface area (Å²) in [4.78, 5) is 17.1. The van der Waals surface area contributed by atoms with Crippen LogP contribution in [0.25, 0.3) is 10.6 Å². The number of alkyl halides is 6. The van der Waals surface area contributed by atoms with Gasteiger partial charge in [-0.15, -0.1) is 22.7 Å². The average Bonchev–Trinajstić information content (AvgIpc) is 3.26. The van der Waals surface area contributed by atoms with E-state index in [1.165, 1.54) is 22.6 Å². The van der Waals surface area contributed by atoms with Gasteiger partial charge in [0.15, 0.2) is 5.13 Å². The highest BCUT2D eigenvalue weighted by Gasteiger charge is 2.56. The first-order valence-corrected chi connectivity index (χ1v) is 10.3. The van der Waals surface area contributed by atoms with Crippen LogP contribution in [0.3, 0.4) is 0 Å². The minimum atomic E-state index is -5.40. The van der Waals surface area contributed by atoms with Gasteiger partial charge in [-0.3, -0.25) is 15.3 Å². The predicted molar refractivity (Wildman–Crippen MR) is 107 cm³/mol. The number of rotatable bonds is 5. The molecule has 14 heteroatoms. The van der Waals surface area contributed by atoms with Crippen molar-refractivity contribution in [3.63, 3.8) is 0 Å². The monoisotopic (exact) mass is 484 g/mol. The van der Waals surface area contributed by atoms with Crippen molar-refractivity contribution in [2.45, 2.75) is 38.8 Å². The van der Waals surface area contributed by atoms with Gasteiger partial charge in [-0.05, 0) is 13.8 Å². The molecule has 3 aromatic rings. The van der Waals surface area contributed by atoms with Crippen molar-refractivity contribution in [1.29, 1.82) is 0 Å². The smallest absolute Gasteiger partial charge is 0.365 e. The fourth-order valence-electron chi connectivity index (χ4n) is 2.31. The zero-order valence-corrected chi connectivity index (χ0v) is 18.1. The summed E-state index contributed by atoms with van der Waals surface area (Å²) in [6.45, 7) is 3.38. The molecular formula is C17H18F6N6S2. The number of anilines is 1. The van der Waals surface area contributed by atoms with Gasteiger partial charge in [0.25, 0.3) is 0 Å². The van der Waals surface area contributed by atoms with Crippen LogP contribution in [0.1, 0.15) is 16.4 Å². The lowest BCUT2D eigenvalue weighted by Gasteiger charge is -2.23. The van der Waals surface area contributed by atoms with Gasteiger partial charge >= 0.3 is 12.4 Å². The molecule has 0 amide bonds. The van der Waals surface area contributed by atoms with Crippen molar-refractivity contribution in [3.05, 3.63) is 40.4 Å². The molecule has 3 rings (SSSR count). The molecule has 0 bridgehead atoms. The van der Waals surface area contributed by atoms with E-state index in [0.29, 0.717) is 0 Å². The molecule has 3 heterocycles. The Labute approximate surface area is 181 Å². The summed E-state index contributed by atoms with van der Waals surface area (Å²) >= 11 is 3.32. The van der Waals surface area contributed by atoms with Crippen LogP contribution in [-0.4, -0.2) is 45.4 Å². The molecule has 0 aliphatic heterocycles. The quantitative estimate of drug-likeness (QED) is 0.498. The van der Waals surface area contributed by atoms with Crippen LogP contribution in [0.2, 0.25) is 0 Å². The second-order valence-electron chi connectivity index (χ2n) is 6.03. The first-order valence-electron chi connectivity index (χ1n) is 8.61. The maximum Gasteiger partial charge on any atom is 0.412 e. The molecule has 3 aromatic heterocycles. The van der Waals surface area contributed by atoms with Gasteiger partial charge in [0, 0.05) is 37.6 Å². The molecule has 0 radical (unpaired) electrons. The zero-order chi connectivity index (χ0) is 23.2. The van der Waals surface area contributed by atoms with Crippen molar-refractivity contribution >= 4 is 27.8 Å². The number of aromatic nitrogens is 4. The van der Waals surface area contributed by atoms with E-state index in [9.17, 15) is 26.3 Å². The van der Waals surface area contributed by atoms with Gasteiger partial charge in [-0.2, -0.15) is 26.3 Å². The van der Waals surface area contributed by atoms with Gasteiger partial charge in [0.1, 0.15) is 0 Å². The van der Waals surface area contributed by atoms with Crippen molar-refractivity contribution in [2.24, 2.45) is 0 Å². The molecule has 0 unspecified atom stereocenters. The van der Waals surface area contributed by atoms with Crippen molar-refractivity contribution in [3.8, 4) is 10.6 Å². The molecular weight excluding hydrogens is 466 g/mol. The van der Waals surface area contributed by atoms with Gasteiger partial charge < -0.3 is 5.32 Å². The molecule has 0 saturated heterocycles. The summed E-state index contributed by atoms with van der Waals surface area (Å²) in [5.41, 5.74) is 2.09. The van der Waals surface area contributed by atoms with E-state index >= 15 is 0 Å². The van der Waals surface area contributed by atoms with E-state index in [1.54, 1.807) is 22.7 Å². The van der Waals surface area contributed by atoms with Crippen LogP contribution in [-0.2, 0) is 6.54 Å². The number of hydrogen-bond donors (Lipinski definition) is 2. The Morgan fingerprint density at radius 1 is 1.03 bits per heavy atom. The molecule has 0 fully saturated rings. The molecule has 170 valence electrons. The van der Waals surface area contributed by atoms with Crippen LogP contribution >= 0.6 is 22.7 Å². The summed E-state index contributed by atoms with van der Waals surface area (Å²) in [5, 5.41) is 8.50. The van der Waals surface area contributed by atoms with Gasteiger partial charge in [-0.25, -0.2) is 9.97 Å². The minimum absolute atomic E-state index is 0.00833. The molecule has 0 aliphatic rings. The molecule has 31 heavy (non-hydrogen) atoms. The Morgan fingerprint density at radius 3 is 2.16 bits per heavy atom. The third-order valence-corrected chi connectivity index (χ3v) is 5.57. The number of thiazole rings is 2. The van der Waals surface area contributed by atoms with Crippen LogP contribution in [0.5, 0.6) is 0 Å². The lowest BCUT2D eigenvalue weighted by atomic mass is 10.2. The summed E-state index contributed by atoms with van der Waals surface area (Å²) in [6, 6.07) is -3.57.